The van der Waals surface area contributed by atoms with Gasteiger partial charge in [0.2, 0.25) is 5.88 Å². The summed E-state index contributed by atoms with van der Waals surface area (Å²) in [4.78, 5) is 0. The van der Waals surface area contributed by atoms with Crippen LogP contribution in [-0.4, -0.2) is 5.16 Å². The average molecular weight is 368 g/mol. The standard InChI is InChI=1S/C15H9BrClFN2O/c16-12-7-10(18)4-5-11(12)14-13(15(19)21-20-14)8-2-1-3-9(17)6-8/h1-7H,19H2. The number of hydrogen-bond acceptors (Lipinski definition) is 3. The lowest BCUT2D eigenvalue weighted by atomic mass is 10.0. The summed E-state index contributed by atoms with van der Waals surface area (Å²) < 4.78 is 18.9. The minimum absolute atomic E-state index is 0.184. The van der Waals surface area contributed by atoms with Crippen LogP contribution in [-0.2, 0) is 0 Å². The van der Waals surface area contributed by atoms with Crippen LogP contribution in [0.1, 0.15) is 0 Å². The van der Waals surface area contributed by atoms with Gasteiger partial charge in [0, 0.05) is 15.1 Å². The quantitative estimate of drug-likeness (QED) is 0.682. The van der Waals surface area contributed by atoms with Gasteiger partial charge in [0.05, 0.1) is 5.56 Å². The fraction of sp³-hybridized carbons (Fsp3) is 0. The zero-order valence-corrected chi connectivity index (χ0v) is 13.0. The van der Waals surface area contributed by atoms with Crippen LogP contribution in [0, 0.1) is 5.82 Å². The molecule has 0 atom stereocenters. The van der Waals surface area contributed by atoms with Crippen molar-refractivity contribution in [2.24, 2.45) is 0 Å². The molecule has 3 nitrogen and oxygen atoms in total. The summed E-state index contributed by atoms with van der Waals surface area (Å²) in [5.41, 5.74) is 8.51. The highest BCUT2D eigenvalue weighted by Crippen LogP contribution is 2.39. The van der Waals surface area contributed by atoms with Crippen LogP contribution in [0.2, 0.25) is 5.02 Å². The molecule has 3 rings (SSSR count). The van der Waals surface area contributed by atoms with E-state index in [4.69, 9.17) is 21.9 Å². The zero-order chi connectivity index (χ0) is 15.0. The molecule has 0 aliphatic carbocycles. The van der Waals surface area contributed by atoms with Gasteiger partial charge in [-0.3, -0.25) is 0 Å². The van der Waals surface area contributed by atoms with Gasteiger partial charge in [0.15, 0.2) is 0 Å². The largest absolute Gasteiger partial charge is 0.367 e. The Morgan fingerprint density at radius 3 is 2.71 bits per heavy atom. The lowest BCUT2D eigenvalue weighted by Crippen LogP contribution is -1.89. The van der Waals surface area contributed by atoms with Crippen LogP contribution in [0.3, 0.4) is 0 Å². The maximum Gasteiger partial charge on any atom is 0.230 e. The minimum Gasteiger partial charge on any atom is -0.367 e. The molecule has 0 unspecified atom stereocenters. The molecule has 0 aliphatic heterocycles. The van der Waals surface area contributed by atoms with Gasteiger partial charge >= 0.3 is 0 Å². The Morgan fingerprint density at radius 2 is 2.00 bits per heavy atom. The van der Waals surface area contributed by atoms with Gasteiger partial charge in [-0.2, -0.15) is 0 Å². The van der Waals surface area contributed by atoms with Gasteiger partial charge in [-0.15, -0.1) is 0 Å². The molecule has 3 aromatic rings. The van der Waals surface area contributed by atoms with Gasteiger partial charge in [0.1, 0.15) is 11.5 Å². The predicted molar refractivity (Wildman–Crippen MR) is 84.5 cm³/mol. The van der Waals surface area contributed by atoms with Crippen LogP contribution >= 0.6 is 27.5 Å². The molecule has 2 N–H and O–H groups in total. The van der Waals surface area contributed by atoms with Crippen molar-refractivity contribution in [3.63, 3.8) is 0 Å². The van der Waals surface area contributed by atoms with E-state index in [9.17, 15) is 4.39 Å². The molecular weight excluding hydrogens is 359 g/mol. The summed E-state index contributed by atoms with van der Waals surface area (Å²) in [5.74, 6) is -0.158. The third-order valence-electron chi connectivity index (χ3n) is 3.02. The minimum atomic E-state index is -0.341. The van der Waals surface area contributed by atoms with E-state index >= 15 is 0 Å². The molecule has 0 saturated carbocycles. The molecule has 0 bridgehead atoms. The van der Waals surface area contributed by atoms with E-state index < -0.39 is 0 Å². The fourth-order valence-corrected chi connectivity index (χ4v) is 2.82. The highest BCUT2D eigenvalue weighted by atomic mass is 79.9. The molecule has 0 fully saturated rings. The molecule has 2 aromatic carbocycles. The van der Waals surface area contributed by atoms with Crippen molar-refractivity contribution in [1.29, 1.82) is 0 Å². The number of nitrogens with two attached hydrogens (primary N) is 1. The van der Waals surface area contributed by atoms with Gasteiger partial charge in [-0.05, 0) is 51.8 Å². The van der Waals surface area contributed by atoms with Gasteiger partial charge < -0.3 is 10.3 Å². The number of nitrogens with zero attached hydrogens (tertiary/aromatic N) is 1. The molecular formula is C15H9BrClFN2O. The highest BCUT2D eigenvalue weighted by Gasteiger charge is 2.19. The first-order valence-corrected chi connectivity index (χ1v) is 7.20. The van der Waals surface area contributed by atoms with Gasteiger partial charge in [0.25, 0.3) is 0 Å². The second kappa shape index (κ2) is 5.50. The molecule has 106 valence electrons. The van der Waals surface area contributed by atoms with Crippen LogP contribution in [0.15, 0.2) is 51.5 Å². The van der Waals surface area contributed by atoms with E-state index in [-0.39, 0.29) is 11.7 Å². The summed E-state index contributed by atoms with van der Waals surface area (Å²) in [5, 5.41) is 4.57. The van der Waals surface area contributed by atoms with E-state index in [2.05, 4.69) is 21.1 Å². The number of halogens is 3. The molecule has 0 spiro atoms. The molecule has 1 aromatic heterocycles. The molecule has 0 amide bonds. The van der Waals surface area contributed by atoms with Crippen molar-refractivity contribution in [2.45, 2.75) is 0 Å². The molecule has 1 heterocycles. The highest BCUT2D eigenvalue weighted by molar-refractivity contribution is 9.10. The predicted octanol–water partition coefficient (Wildman–Crippen LogP) is 5.15. The van der Waals surface area contributed by atoms with Crippen LogP contribution in [0.25, 0.3) is 22.4 Å². The Morgan fingerprint density at radius 1 is 1.19 bits per heavy atom. The first-order chi connectivity index (χ1) is 10.1. The summed E-state index contributed by atoms with van der Waals surface area (Å²) in [7, 11) is 0. The van der Waals surface area contributed by atoms with Crippen molar-refractivity contribution in [3.05, 3.63) is 57.8 Å². The first kappa shape index (κ1) is 14.1. The second-order valence-corrected chi connectivity index (χ2v) is 5.70. The zero-order valence-electron chi connectivity index (χ0n) is 10.6. The van der Waals surface area contributed by atoms with E-state index in [0.29, 0.717) is 26.3 Å². The Kier molecular flexibility index (Phi) is 3.69. The normalized spacial score (nSPS) is 10.8. The van der Waals surface area contributed by atoms with Crippen molar-refractivity contribution in [2.75, 3.05) is 5.73 Å². The fourth-order valence-electron chi connectivity index (χ4n) is 2.09. The van der Waals surface area contributed by atoms with E-state index in [1.807, 2.05) is 12.1 Å². The van der Waals surface area contributed by atoms with Crippen LogP contribution < -0.4 is 5.73 Å². The van der Waals surface area contributed by atoms with E-state index in [0.717, 1.165) is 5.56 Å². The summed E-state index contributed by atoms with van der Waals surface area (Å²) in [6.07, 6.45) is 0. The number of nitrogen functional groups attached to an aromatic ring is 1. The van der Waals surface area contributed by atoms with Crippen molar-refractivity contribution in [1.82, 2.24) is 5.16 Å². The van der Waals surface area contributed by atoms with Gasteiger partial charge in [-0.1, -0.05) is 28.9 Å². The summed E-state index contributed by atoms with van der Waals surface area (Å²) >= 11 is 9.34. The number of aromatic nitrogens is 1. The van der Waals surface area contributed by atoms with Crippen molar-refractivity contribution < 1.29 is 8.91 Å². The molecule has 0 aliphatic rings. The molecule has 6 heteroatoms. The maximum atomic E-state index is 13.2. The molecule has 0 saturated heterocycles. The Bertz CT molecular complexity index is 819. The van der Waals surface area contributed by atoms with Crippen molar-refractivity contribution >= 4 is 33.4 Å². The third-order valence-corrected chi connectivity index (χ3v) is 3.91. The Hall–Kier alpha value is -1.85. The van der Waals surface area contributed by atoms with Gasteiger partial charge in [-0.25, -0.2) is 4.39 Å². The monoisotopic (exact) mass is 366 g/mol. The molecule has 0 radical (unpaired) electrons. The Balaban J connectivity index is 2.22. The lowest BCUT2D eigenvalue weighted by Gasteiger charge is -2.05. The number of hydrogen-bond donors (Lipinski definition) is 1. The number of rotatable bonds is 2. The van der Waals surface area contributed by atoms with Crippen LogP contribution in [0.5, 0.6) is 0 Å². The lowest BCUT2D eigenvalue weighted by molar-refractivity contribution is 0.439. The number of anilines is 1. The van der Waals surface area contributed by atoms with E-state index in [1.54, 1.807) is 18.2 Å². The van der Waals surface area contributed by atoms with Crippen LogP contribution in [0.4, 0.5) is 10.3 Å². The maximum absolute atomic E-state index is 13.2. The molecule has 21 heavy (non-hydrogen) atoms. The average Bonchev–Trinajstić information content (AvgIpc) is 2.80. The smallest absolute Gasteiger partial charge is 0.230 e. The SMILES string of the molecule is Nc1onc(-c2ccc(F)cc2Br)c1-c1cccc(Cl)c1. The Labute approximate surface area is 133 Å². The summed E-state index contributed by atoms with van der Waals surface area (Å²) in [6, 6.07) is 11.5. The first-order valence-electron chi connectivity index (χ1n) is 6.03. The summed E-state index contributed by atoms with van der Waals surface area (Å²) in [6.45, 7) is 0. The topological polar surface area (TPSA) is 52.0 Å². The second-order valence-electron chi connectivity index (χ2n) is 4.40. The third kappa shape index (κ3) is 2.66. The van der Waals surface area contributed by atoms with E-state index in [1.165, 1.54) is 12.1 Å². The van der Waals surface area contributed by atoms with Crippen molar-refractivity contribution in [3.8, 4) is 22.4 Å². The number of benzene rings is 2.